The van der Waals surface area contributed by atoms with Gasteiger partial charge in [-0.25, -0.2) is 0 Å². The molecule has 2 nitrogen and oxygen atoms in total. The van der Waals surface area contributed by atoms with Crippen LogP contribution >= 0.6 is 0 Å². The summed E-state index contributed by atoms with van der Waals surface area (Å²) in [6, 6.07) is 39.0. The van der Waals surface area contributed by atoms with Crippen LogP contribution in [0.4, 0.5) is 0 Å². The molecule has 5 rings (SSSR count). The number of carbonyl (C=O) groups excluding carboxylic acids is 2. The topological polar surface area (TPSA) is 34.1 Å². The van der Waals surface area contributed by atoms with Gasteiger partial charge in [-0.15, -0.1) is 0 Å². The maximum absolute atomic E-state index is 13.8. The molecule has 0 aliphatic heterocycles. The van der Waals surface area contributed by atoms with E-state index in [2.05, 4.69) is 0 Å². The van der Waals surface area contributed by atoms with Crippen LogP contribution in [0.5, 0.6) is 0 Å². The van der Waals surface area contributed by atoms with Crippen LogP contribution in [0.2, 0.25) is 0 Å². The van der Waals surface area contributed by atoms with Gasteiger partial charge in [0.25, 0.3) is 0 Å². The van der Waals surface area contributed by atoms with E-state index in [1.807, 2.05) is 121 Å². The molecule has 1 aliphatic rings. The van der Waals surface area contributed by atoms with Gasteiger partial charge in [-0.3, -0.25) is 9.59 Å². The highest BCUT2D eigenvalue weighted by molar-refractivity contribution is 6.05. The van der Waals surface area contributed by atoms with Crippen LogP contribution in [-0.2, 0) is 0 Å². The van der Waals surface area contributed by atoms with Crippen LogP contribution in [0, 0.1) is 11.8 Å². The van der Waals surface area contributed by atoms with Crippen molar-refractivity contribution in [2.45, 2.75) is 11.8 Å². The maximum atomic E-state index is 13.8. The molecule has 32 heavy (non-hydrogen) atoms. The molecule has 1 saturated carbocycles. The molecule has 0 heterocycles. The van der Waals surface area contributed by atoms with Crippen LogP contribution in [-0.4, -0.2) is 11.6 Å². The summed E-state index contributed by atoms with van der Waals surface area (Å²) in [6.45, 7) is 0. The van der Waals surface area contributed by atoms with Gasteiger partial charge in [0.2, 0.25) is 0 Å². The van der Waals surface area contributed by atoms with Gasteiger partial charge in [0, 0.05) is 34.8 Å². The SMILES string of the molecule is O=C(c1ccccc1)C1C(c2ccccc2)C(C(=O)c2ccccc2)C1c1ccccc1. The largest absolute Gasteiger partial charge is 0.294 e. The highest BCUT2D eigenvalue weighted by Crippen LogP contribution is 2.59. The number of benzene rings is 4. The number of ketones is 2. The average molecular weight is 417 g/mol. The predicted molar refractivity (Wildman–Crippen MR) is 127 cm³/mol. The molecule has 0 aromatic heterocycles. The lowest BCUT2D eigenvalue weighted by Gasteiger charge is -2.51. The van der Waals surface area contributed by atoms with E-state index >= 15 is 0 Å². The van der Waals surface area contributed by atoms with Crippen LogP contribution in [0.15, 0.2) is 121 Å². The Hall–Kier alpha value is -3.78. The van der Waals surface area contributed by atoms with Crippen molar-refractivity contribution in [1.82, 2.24) is 0 Å². The first-order chi connectivity index (χ1) is 15.8. The van der Waals surface area contributed by atoms with Gasteiger partial charge in [0.1, 0.15) is 0 Å². The molecule has 1 fully saturated rings. The zero-order valence-electron chi connectivity index (χ0n) is 17.7. The Morgan fingerprint density at radius 3 is 1.00 bits per heavy atom. The van der Waals surface area contributed by atoms with E-state index in [9.17, 15) is 9.59 Å². The molecule has 0 saturated heterocycles. The van der Waals surface area contributed by atoms with Crippen molar-refractivity contribution in [3.8, 4) is 0 Å². The van der Waals surface area contributed by atoms with Gasteiger partial charge in [0.15, 0.2) is 11.6 Å². The Kier molecular flexibility index (Phi) is 5.51. The van der Waals surface area contributed by atoms with Crippen LogP contribution in [0.3, 0.4) is 0 Å². The fourth-order valence-electron chi connectivity index (χ4n) is 5.17. The van der Waals surface area contributed by atoms with Gasteiger partial charge in [-0.1, -0.05) is 121 Å². The number of carbonyl (C=O) groups is 2. The molecule has 0 bridgehead atoms. The first-order valence-electron chi connectivity index (χ1n) is 11.0. The zero-order valence-corrected chi connectivity index (χ0v) is 17.7. The fourth-order valence-corrected chi connectivity index (χ4v) is 5.17. The van der Waals surface area contributed by atoms with E-state index in [1.165, 1.54) is 0 Å². The summed E-state index contributed by atoms with van der Waals surface area (Å²) < 4.78 is 0. The quantitative estimate of drug-likeness (QED) is 0.333. The molecule has 0 amide bonds. The van der Waals surface area contributed by atoms with Crippen LogP contribution < -0.4 is 0 Å². The second-order valence-corrected chi connectivity index (χ2v) is 8.39. The van der Waals surface area contributed by atoms with E-state index in [0.717, 1.165) is 11.1 Å². The van der Waals surface area contributed by atoms with E-state index < -0.39 is 0 Å². The molecule has 4 aromatic carbocycles. The lowest BCUT2D eigenvalue weighted by atomic mass is 9.49. The summed E-state index contributed by atoms with van der Waals surface area (Å²) in [5.41, 5.74) is 3.49. The Bertz CT molecular complexity index is 1090. The van der Waals surface area contributed by atoms with E-state index in [-0.39, 0.29) is 35.2 Å². The monoisotopic (exact) mass is 416 g/mol. The number of hydrogen-bond acceptors (Lipinski definition) is 2. The minimum atomic E-state index is -0.292. The third-order valence-electron chi connectivity index (χ3n) is 6.64. The Morgan fingerprint density at radius 2 is 0.688 bits per heavy atom. The van der Waals surface area contributed by atoms with Gasteiger partial charge >= 0.3 is 0 Å². The van der Waals surface area contributed by atoms with E-state index in [4.69, 9.17) is 0 Å². The summed E-state index contributed by atoms with van der Waals surface area (Å²) in [5, 5.41) is 0. The second-order valence-electron chi connectivity index (χ2n) is 8.39. The molecule has 0 unspecified atom stereocenters. The van der Waals surface area contributed by atoms with Gasteiger partial charge in [-0.2, -0.15) is 0 Å². The normalized spacial score (nSPS) is 22.0. The molecular weight excluding hydrogens is 392 g/mol. The van der Waals surface area contributed by atoms with Gasteiger partial charge in [0.05, 0.1) is 0 Å². The zero-order chi connectivity index (χ0) is 21.9. The number of hydrogen-bond donors (Lipinski definition) is 0. The second kappa shape index (κ2) is 8.76. The van der Waals surface area contributed by atoms with Crippen LogP contribution in [0.1, 0.15) is 43.7 Å². The minimum absolute atomic E-state index is 0.102. The summed E-state index contributed by atoms with van der Waals surface area (Å²) in [7, 11) is 0. The van der Waals surface area contributed by atoms with Crippen molar-refractivity contribution < 1.29 is 9.59 Å². The third-order valence-corrected chi connectivity index (χ3v) is 6.64. The molecule has 0 N–H and O–H groups in total. The number of Topliss-reactive ketones (excluding diaryl/α,β-unsaturated/α-hetero) is 2. The van der Waals surface area contributed by atoms with Crippen molar-refractivity contribution >= 4 is 11.6 Å². The lowest BCUT2D eigenvalue weighted by Crippen LogP contribution is -2.51. The molecule has 0 atom stereocenters. The minimum Gasteiger partial charge on any atom is -0.294 e. The summed E-state index contributed by atoms with van der Waals surface area (Å²) in [6.07, 6.45) is 0. The fraction of sp³-hybridized carbons (Fsp3) is 0.133. The van der Waals surface area contributed by atoms with E-state index in [0.29, 0.717) is 11.1 Å². The Labute approximate surface area is 188 Å². The van der Waals surface area contributed by atoms with Crippen molar-refractivity contribution in [3.05, 3.63) is 144 Å². The summed E-state index contributed by atoms with van der Waals surface area (Å²) in [5.74, 6) is -0.709. The smallest absolute Gasteiger partial charge is 0.167 e. The van der Waals surface area contributed by atoms with E-state index in [1.54, 1.807) is 0 Å². The molecule has 2 heteroatoms. The molecular formula is C30H24O2. The lowest BCUT2D eigenvalue weighted by molar-refractivity contribution is 0.0489. The van der Waals surface area contributed by atoms with Crippen molar-refractivity contribution in [1.29, 1.82) is 0 Å². The Balaban J connectivity index is 1.64. The third kappa shape index (κ3) is 3.58. The van der Waals surface area contributed by atoms with Crippen molar-refractivity contribution in [3.63, 3.8) is 0 Å². The molecule has 0 spiro atoms. The highest BCUT2D eigenvalue weighted by atomic mass is 16.1. The molecule has 156 valence electrons. The standard InChI is InChI=1S/C30H24O2/c31-29(23-17-9-3-10-18-23)27-25(21-13-5-1-6-14-21)28(26(27)22-15-7-2-8-16-22)30(32)24-19-11-4-12-20-24/h1-20,25-28H. The maximum Gasteiger partial charge on any atom is 0.167 e. The molecule has 1 aliphatic carbocycles. The number of rotatable bonds is 6. The first-order valence-corrected chi connectivity index (χ1v) is 11.0. The van der Waals surface area contributed by atoms with Crippen LogP contribution in [0.25, 0.3) is 0 Å². The summed E-state index contributed by atoms with van der Waals surface area (Å²) in [4.78, 5) is 27.6. The molecule has 4 aromatic rings. The van der Waals surface area contributed by atoms with Crippen molar-refractivity contribution in [2.75, 3.05) is 0 Å². The van der Waals surface area contributed by atoms with Gasteiger partial charge in [-0.05, 0) is 11.1 Å². The van der Waals surface area contributed by atoms with Gasteiger partial charge < -0.3 is 0 Å². The average Bonchev–Trinajstić information content (AvgIpc) is 2.86. The molecule has 0 radical (unpaired) electrons. The summed E-state index contributed by atoms with van der Waals surface area (Å²) >= 11 is 0. The van der Waals surface area contributed by atoms with Crippen molar-refractivity contribution in [2.24, 2.45) is 11.8 Å². The predicted octanol–water partition coefficient (Wildman–Crippen LogP) is 6.57. The Morgan fingerprint density at radius 1 is 0.406 bits per heavy atom. The first kappa shape index (κ1) is 20.1. The highest BCUT2D eigenvalue weighted by Gasteiger charge is 2.57.